The molecule has 3 heterocycles. The van der Waals surface area contributed by atoms with Crippen molar-refractivity contribution in [2.75, 3.05) is 20.3 Å². The molecule has 10 heteroatoms. The van der Waals surface area contributed by atoms with Gasteiger partial charge in [0.25, 0.3) is 0 Å². The van der Waals surface area contributed by atoms with E-state index in [0.29, 0.717) is 52.4 Å². The number of hydrogen-bond acceptors (Lipinski definition) is 6. The minimum atomic E-state index is -0.597. The third kappa shape index (κ3) is 7.18. The van der Waals surface area contributed by atoms with Crippen LogP contribution in [0.15, 0.2) is 73.1 Å². The van der Waals surface area contributed by atoms with Crippen LogP contribution in [0.1, 0.15) is 49.5 Å². The molecule has 2 aromatic heterocycles. The molecule has 49 heavy (non-hydrogen) atoms. The van der Waals surface area contributed by atoms with E-state index in [4.69, 9.17) is 37.4 Å². The van der Waals surface area contributed by atoms with Crippen molar-refractivity contribution in [1.29, 1.82) is 0 Å². The van der Waals surface area contributed by atoms with Gasteiger partial charge < -0.3 is 23.7 Å². The average molecular weight is 701 g/mol. The van der Waals surface area contributed by atoms with Crippen molar-refractivity contribution in [3.63, 3.8) is 0 Å². The maximum atomic E-state index is 13.4. The minimum absolute atomic E-state index is 0.0398. The SMILES string of the molecule is COc1cc(-c2nccc(-c3cccc(-c4ccc5c(CN(C(=O)OC(C)(C)C)C6CCOCC6)cn(C)c5c4)c3Cl)c2Cl)ccc1C=O. The lowest BCUT2D eigenvalue weighted by atomic mass is 9.97. The zero-order chi connectivity index (χ0) is 34.9. The number of halogens is 2. The molecule has 1 aliphatic heterocycles. The highest BCUT2D eigenvalue weighted by molar-refractivity contribution is 6.39. The van der Waals surface area contributed by atoms with Gasteiger partial charge in [-0.15, -0.1) is 0 Å². The molecule has 3 aromatic carbocycles. The fraction of sp³-hybridized carbons (Fsp3) is 0.308. The first-order valence-corrected chi connectivity index (χ1v) is 17.0. The van der Waals surface area contributed by atoms with Gasteiger partial charge in [-0.05, 0) is 69.0 Å². The third-order valence-electron chi connectivity index (χ3n) is 8.80. The normalized spacial score (nSPS) is 13.8. The Morgan fingerprint density at radius 3 is 2.43 bits per heavy atom. The Bertz CT molecular complexity index is 2030. The van der Waals surface area contributed by atoms with Crippen LogP contribution in [0.4, 0.5) is 4.79 Å². The summed E-state index contributed by atoms with van der Waals surface area (Å²) in [4.78, 5) is 31.2. The van der Waals surface area contributed by atoms with Crippen LogP contribution in [0.25, 0.3) is 44.4 Å². The molecule has 1 saturated heterocycles. The van der Waals surface area contributed by atoms with Gasteiger partial charge in [0.1, 0.15) is 11.4 Å². The van der Waals surface area contributed by atoms with Gasteiger partial charge in [-0.2, -0.15) is 0 Å². The van der Waals surface area contributed by atoms with Crippen LogP contribution in [-0.4, -0.2) is 58.8 Å². The molecule has 0 spiro atoms. The molecule has 0 bridgehead atoms. The highest BCUT2D eigenvalue weighted by atomic mass is 35.5. The molecule has 254 valence electrons. The number of aromatic nitrogens is 2. The highest BCUT2D eigenvalue weighted by Gasteiger charge is 2.31. The molecule has 6 rings (SSSR count). The summed E-state index contributed by atoms with van der Waals surface area (Å²) >= 11 is 14.2. The van der Waals surface area contributed by atoms with E-state index in [-0.39, 0.29) is 12.1 Å². The summed E-state index contributed by atoms with van der Waals surface area (Å²) < 4.78 is 18.9. The number of carbonyl (C=O) groups excluding carboxylic acids is 2. The zero-order valence-electron chi connectivity index (χ0n) is 28.3. The molecule has 0 N–H and O–H groups in total. The third-order valence-corrected chi connectivity index (χ3v) is 9.59. The lowest BCUT2D eigenvalue weighted by Crippen LogP contribution is -2.45. The maximum Gasteiger partial charge on any atom is 0.410 e. The molecule has 1 fully saturated rings. The summed E-state index contributed by atoms with van der Waals surface area (Å²) in [6.45, 7) is 7.34. The average Bonchev–Trinajstić information content (AvgIpc) is 3.40. The summed E-state index contributed by atoms with van der Waals surface area (Å²) in [6.07, 6.45) is 5.75. The van der Waals surface area contributed by atoms with E-state index < -0.39 is 5.60 Å². The second-order valence-corrected chi connectivity index (χ2v) is 14.0. The number of benzene rings is 3. The number of nitrogens with zero attached hydrogens (tertiary/aromatic N) is 3. The summed E-state index contributed by atoms with van der Waals surface area (Å²) in [6, 6.07) is 19.3. The number of rotatable bonds is 8. The van der Waals surface area contributed by atoms with E-state index >= 15 is 0 Å². The van der Waals surface area contributed by atoms with Crippen LogP contribution in [0, 0.1) is 0 Å². The lowest BCUT2D eigenvalue weighted by molar-refractivity contribution is -0.00799. The van der Waals surface area contributed by atoms with Crippen LogP contribution < -0.4 is 4.74 Å². The first-order chi connectivity index (χ1) is 23.5. The molecule has 0 atom stereocenters. The number of aryl methyl sites for hydroxylation is 1. The van der Waals surface area contributed by atoms with Gasteiger partial charge >= 0.3 is 6.09 Å². The number of pyridine rings is 1. The van der Waals surface area contributed by atoms with Crippen LogP contribution in [0.2, 0.25) is 10.0 Å². The topological polar surface area (TPSA) is 82.9 Å². The molecule has 1 amide bonds. The van der Waals surface area contributed by atoms with E-state index in [9.17, 15) is 9.59 Å². The first kappa shape index (κ1) is 34.5. The standard InChI is InChI=1S/C39H39Cl2N3O5/c1-39(2,3)49-38(46)44(28-14-17-48-18-15-28)22-27-21-43(4)33-19-24(11-12-29(27)33)30-7-6-8-31(35(30)40)32-13-16-42-37(36(32)41)25-9-10-26(23-45)34(20-25)47-5/h6-13,16,19-21,23,28H,14-15,17-18,22H2,1-5H3. The number of ether oxygens (including phenoxy) is 3. The van der Waals surface area contributed by atoms with Gasteiger partial charge in [-0.25, -0.2) is 4.79 Å². The number of carbonyl (C=O) groups is 2. The molecule has 1 aliphatic rings. The number of aldehydes is 1. The fourth-order valence-corrected chi connectivity index (χ4v) is 7.04. The predicted octanol–water partition coefficient (Wildman–Crippen LogP) is 9.62. The summed E-state index contributed by atoms with van der Waals surface area (Å²) in [5.74, 6) is 0.441. The first-order valence-electron chi connectivity index (χ1n) is 16.2. The quantitative estimate of drug-likeness (QED) is 0.150. The maximum absolute atomic E-state index is 13.4. The summed E-state index contributed by atoms with van der Waals surface area (Å²) in [5, 5.41) is 2.04. The predicted molar refractivity (Wildman–Crippen MR) is 195 cm³/mol. The highest BCUT2D eigenvalue weighted by Crippen LogP contribution is 2.43. The second-order valence-electron chi connectivity index (χ2n) is 13.2. The van der Waals surface area contributed by atoms with E-state index in [1.165, 1.54) is 7.11 Å². The van der Waals surface area contributed by atoms with Crippen molar-refractivity contribution < 1.29 is 23.8 Å². The van der Waals surface area contributed by atoms with Crippen LogP contribution in [0.5, 0.6) is 5.75 Å². The number of methoxy groups -OCH3 is 1. The van der Waals surface area contributed by atoms with E-state index in [1.54, 1.807) is 24.4 Å². The molecule has 0 aliphatic carbocycles. The van der Waals surface area contributed by atoms with Crippen molar-refractivity contribution in [2.24, 2.45) is 7.05 Å². The molecule has 8 nitrogen and oxygen atoms in total. The number of amides is 1. The van der Waals surface area contributed by atoms with Crippen molar-refractivity contribution >= 4 is 46.5 Å². The summed E-state index contributed by atoms with van der Waals surface area (Å²) in [5.41, 5.74) is 6.46. The second kappa shape index (κ2) is 14.2. The molecule has 0 saturated carbocycles. The van der Waals surface area contributed by atoms with E-state index in [0.717, 1.165) is 57.8 Å². The Morgan fingerprint density at radius 1 is 1.00 bits per heavy atom. The van der Waals surface area contributed by atoms with Crippen molar-refractivity contribution in [2.45, 2.75) is 51.8 Å². The molecule has 0 unspecified atom stereocenters. The van der Waals surface area contributed by atoms with Gasteiger partial charge in [0.2, 0.25) is 0 Å². The van der Waals surface area contributed by atoms with Crippen LogP contribution >= 0.6 is 23.2 Å². The minimum Gasteiger partial charge on any atom is -0.496 e. The molecule has 5 aromatic rings. The Balaban J connectivity index is 1.34. The van der Waals surface area contributed by atoms with Gasteiger partial charge in [0, 0.05) is 71.9 Å². The van der Waals surface area contributed by atoms with Crippen molar-refractivity contribution in [3.8, 4) is 39.3 Å². The Morgan fingerprint density at radius 2 is 1.71 bits per heavy atom. The van der Waals surface area contributed by atoms with E-state index in [1.807, 2.05) is 57.0 Å². The van der Waals surface area contributed by atoms with Crippen molar-refractivity contribution in [1.82, 2.24) is 14.5 Å². The Labute approximate surface area is 296 Å². The Hall–Kier alpha value is -4.37. The Kier molecular flexibility index (Phi) is 10.0. The molecule has 0 radical (unpaired) electrons. The van der Waals surface area contributed by atoms with Gasteiger partial charge in [-0.3, -0.25) is 9.78 Å². The van der Waals surface area contributed by atoms with Gasteiger partial charge in [0.05, 0.1) is 35.0 Å². The zero-order valence-corrected chi connectivity index (χ0v) is 29.8. The number of hydrogen-bond donors (Lipinski definition) is 0. The monoisotopic (exact) mass is 699 g/mol. The van der Waals surface area contributed by atoms with Crippen LogP contribution in [-0.2, 0) is 23.1 Å². The van der Waals surface area contributed by atoms with Crippen molar-refractivity contribution in [3.05, 3.63) is 94.2 Å². The molecular formula is C39H39Cl2N3O5. The molecular weight excluding hydrogens is 661 g/mol. The largest absolute Gasteiger partial charge is 0.496 e. The van der Waals surface area contributed by atoms with E-state index in [2.05, 4.69) is 33.9 Å². The summed E-state index contributed by atoms with van der Waals surface area (Å²) in [7, 11) is 3.53. The van der Waals surface area contributed by atoms with Gasteiger partial charge in [-0.1, -0.05) is 59.6 Å². The smallest absolute Gasteiger partial charge is 0.410 e. The van der Waals surface area contributed by atoms with Gasteiger partial charge in [0.15, 0.2) is 6.29 Å². The fourth-order valence-electron chi connectivity index (χ4n) is 6.38. The number of fused-ring (bicyclic) bond motifs is 1. The van der Waals surface area contributed by atoms with Crippen LogP contribution in [0.3, 0.4) is 0 Å². The lowest BCUT2D eigenvalue weighted by Gasteiger charge is -2.35.